The van der Waals surface area contributed by atoms with Crippen LogP contribution in [0.2, 0.25) is 0 Å². The second kappa shape index (κ2) is 11.2. The molecule has 1 aliphatic rings. The minimum absolute atomic E-state index is 0.0311. The Bertz CT molecular complexity index is 1190. The zero-order chi connectivity index (χ0) is 30.1. The standard InChI is InChI=1S/C17H27NO2.C16H23NO2/c1-16(2,3)12-9-11(7-8-14(18)19)10-13(15(12)20)17(4,5)6;1-15(2,3)11-8-10(6-7-13(17)18)9-12-14(11)19-16(12,4)5/h9-10,20H,7-8H2,1-6H3,(H2,18,19);8-9H,6-7H2,1-5H3,(H2,17,18). The van der Waals surface area contributed by atoms with E-state index in [1.165, 1.54) is 16.7 Å². The van der Waals surface area contributed by atoms with Gasteiger partial charge in [0.15, 0.2) is 0 Å². The van der Waals surface area contributed by atoms with Crippen molar-refractivity contribution >= 4 is 11.8 Å². The highest BCUT2D eigenvalue weighted by Gasteiger charge is 2.40. The summed E-state index contributed by atoms with van der Waals surface area (Å²) in [5.41, 5.74) is 16.5. The zero-order valence-corrected chi connectivity index (χ0v) is 26.0. The Morgan fingerprint density at radius 2 is 1.08 bits per heavy atom. The first kappa shape index (κ1) is 32.2. The van der Waals surface area contributed by atoms with E-state index in [2.05, 4.69) is 88.3 Å². The molecule has 2 aromatic rings. The van der Waals surface area contributed by atoms with E-state index in [9.17, 15) is 14.7 Å². The first-order valence-corrected chi connectivity index (χ1v) is 13.8. The smallest absolute Gasteiger partial charge is 0.217 e. The fourth-order valence-electron chi connectivity index (χ4n) is 4.73. The molecular weight excluding hydrogens is 488 g/mol. The normalized spacial score (nSPS) is 14.3. The van der Waals surface area contributed by atoms with Crippen molar-refractivity contribution in [2.45, 2.75) is 124 Å². The SMILES string of the molecule is CC(C)(C)c1cc(CCC(N)=O)cc(C(C)(C)C)c1O.CC(C)(C)c1cc(CCC(N)=O)cc2c1OC2(C)C. The summed E-state index contributed by atoms with van der Waals surface area (Å²) in [6, 6.07) is 8.29. The Morgan fingerprint density at radius 1 is 0.718 bits per heavy atom. The number of carbonyl (C=O) groups is 2. The molecule has 0 bridgehead atoms. The van der Waals surface area contributed by atoms with Crippen LogP contribution in [0.1, 0.15) is 122 Å². The molecule has 0 radical (unpaired) electrons. The molecule has 39 heavy (non-hydrogen) atoms. The minimum atomic E-state index is -0.298. The van der Waals surface area contributed by atoms with E-state index in [1.54, 1.807) is 0 Å². The fourth-order valence-corrected chi connectivity index (χ4v) is 4.73. The molecule has 2 aromatic carbocycles. The molecule has 0 fully saturated rings. The zero-order valence-electron chi connectivity index (χ0n) is 26.0. The molecule has 0 spiro atoms. The van der Waals surface area contributed by atoms with Gasteiger partial charge in [-0.05, 0) is 71.3 Å². The van der Waals surface area contributed by atoms with Gasteiger partial charge in [0, 0.05) is 24.0 Å². The number of benzene rings is 2. The minimum Gasteiger partial charge on any atom is -0.507 e. The molecule has 6 nitrogen and oxygen atoms in total. The van der Waals surface area contributed by atoms with Crippen molar-refractivity contribution in [3.63, 3.8) is 0 Å². The van der Waals surface area contributed by atoms with Gasteiger partial charge in [-0.2, -0.15) is 0 Å². The highest BCUT2D eigenvalue weighted by Crippen LogP contribution is 2.49. The van der Waals surface area contributed by atoms with Crippen molar-refractivity contribution in [2.24, 2.45) is 11.5 Å². The number of aryl methyl sites for hydroxylation is 2. The number of hydrogen-bond donors (Lipinski definition) is 3. The average molecular weight is 539 g/mol. The van der Waals surface area contributed by atoms with E-state index in [4.69, 9.17) is 16.2 Å². The molecule has 0 saturated carbocycles. The number of rotatable bonds is 6. The van der Waals surface area contributed by atoms with E-state index in [1.807, 2.05) is 12.1 Å². The quantitative estimate of drug-likeness (QED) is 0.393. The van der Waals surface area contributed by atoms with Gasteiger partial charge in [0.1, 0.15) is 17.1 Å². The van der Waals surface area contributed by atoms with E-state index in [0.29, 0.717) is 31.4 Å². The van der Waals surface area contributed by atoms with Crippen molar-refractivity contribution in [1.29, 1.82) is 0 Å². The number of phenols is 1. The number of carbonyl (C=O) groups excluding carboxylic acids is 2. The number of amides is 2. The highest BCUT2D eigenvalue weighted by atomic mass is 16.5. The summed E-state index contributed by atoms with van der Waals surface area (Å²) >= 11 is 0. The van der Waals surface area contributed by atoms with Crippen LogP contribution in [0.5, 0.6) is 11.5 Å². The first-order valence-electron chi connectivity index (χ1n) is 13.8. The molecule has 0 aromatic heterocycles. The molecule has 6 heteroatoms. The molecule has 0 atom stereocenters. The van der Waals surface area contributed by atoms with Gasteiger partial charge >= 0.3 is 0 Å². The monoisotopic (exact) mass is 538 g/mol. The maximum absolute atomic E-state index is 11.0. The molecule has 5 N–H and O–H groups in total. The van der Waals surface area contributed by atoms with E-state index in [0.717, 1.165) is 22.4 Å². The number of ether oxygens (including phenoxy) is 1. The lowest BCUT2D eigenvalue weighted by atomic mass is 9.78. The van der Waals surface area contributed by atoms with Crippen molar-refractivity contribution < 1.29 is 19.4 Å². The molecule has 0 unspecified atom stereocenters. The van der Waals surface area contributed by atoms with Crippen molar-refractivity contribution in [2.75, 3.05) is 0 Å². The second-order valence-corrected chi connectivity index (χ2v) is 14.4. The third-order valence-electron chi connectivity index (χ3n) is 7.07. The molecule has 0 saturated heterocycles. The van der Waals surface area contributed by atoms with Gasteiger partial charge in [-0.1, -0.05) is 80.5 Å². The van der Waals surface area contributed by atoms with Gasteiger partial charge in [0.05, 0.1) is 0 Å². The van der Waals surface area contributed by atoms with Gasteiger partial charge in [0.25, 0.3) is 0 Å². The predicted molar refractivity (Wildman–Crippen MR) is 159 cm³/mol. The summed E-state index contributed by atoms with van der Waals surface area (Å²) in [7, 11) is 0. The molecular formula is C33H50N2O4. The summed E-state index contributed by atoms with van der Waals surface area (Å²) in [5.74, 6) is 0.830. The summed E-state index contributed by atoms with van der Waals surface area (Å²) in [6.45, 7) is 23.1. The Labute approximate surface area is 235 Å². The van der Waals surface area contributed by atoms with Crippen LogP contribution in [0, 0.1) is 0 Å². The number of primary amides is 2. The van der Waals surface area contributed by atoms with E-state index >= 15 is 0 Å². The van der Waals surface area contributed by atoms with Crippen LogP contribution in [0.25, 0.3) is 0 Å². The third-order valence-corrected chi connectivity index (χ3v) is 7.07. The highest BCUT2D eigenvalue weighted by molar-refractivity contribution is 5.74. The molecule has 2 amide bonds. The number of nitrogens with two attached hydrogens (primary N) is 2. The van der Waals surface area contributed by atoms with Gasteiger partial charge in [-0.15, -0.1) is 0 Å². The maximum atomic E-state index is 11.0. The van der Waals surface area contributed by atoms with Crippen molar-refractivity contribution in [3.05, 3.63) is 57.6 Å². The average Bonchev–Trinajstić information content (AvgIpc) is 2.74. The van der Waals surface area contributed by atoms with Crippen molar-refractivity contribution in [3.8, 4) is 11.5 Å². The summed E-state index contributed by atoms with van der Waals surface area (Å²) < 4.78 is 5.92. The summed E-state index contributed by atoms with van der Waals surface area (Å²) in [5, 5.41) is 10.6. The molecule has 1 heterocycles. The Kier molecular flexibility index (Phi) is 9.27. The number of aromatic hydroxyl groups is 1. The topological polar surface area (TPSA) is 116 Å². The largest absolute Gasteiger partial charge is 0.507 e. The second-order valence-electron chi connectivity index (χ2n) is 14.4. The lowest BCUT2D eigenvalue weighted by Gasteiger charge is -2.42. The Morgan fingerprint density at radius 3 is 1.41 bits per heavy atom. The van der Waals surface area contributed by atoms with Gasteiger partial charge in [-0.25, -0.2) is 0 Å². The van der Waals surface area contributed by atoms with Crippen molar-refractivity contribution in [1.82, 2.24) is 0 Å². The molecule has 216 valence electrons. The van der Waals surface area contributed by atoms with E-state index < -0.39 is 0 Å². The number of phenolic OH excluding ortho intramolecular Hbond substituents is 1. The van der Waals surface area contributed by atoms with Crippen LogP contribution in [0.15, 0.2) is 24.3 Å². The van der Waals surface area contributed by atoms with Crippen LogP contribution in [-0.4, -0.2) is 16.9 Å². The van der Waals surface area contributed by atoms with Crippen LogP contribution < -0.4 is 16.2 Å². The molecule has 1 aliphatic heterocycles. The number of hydrogen-bond acceptors (Lipinski definition) is 4. The van der Waals surface area contributed by atoms with E-state index in [-0.39, 0.29) is 33.7 Å². The number of fused-ring (bicyclic) bond motifs is 1. The fraction of sp³-hybridized carbons (Fsp3) is 0.576. The van der Waals surface area contributed by atoms with Gasteiger partial charge in [0.2, 0.25) is 11.8 Å². The predicted octanol–water partition coefficient (Wildman–Crippen LogP) is 6.43. The van der Waals surface area contributed by atoms with Gasteiger partial charge in [-0.3, -0.25) is 9.59 Å². The summed E-state index contributed by atoms with van der Waals surface area (Å²) in [6.07, 6.45) is 2.03. The van der Waals surface area contributed by atoms with Crippen LogP contribution in [0.3, 0.4) is 0 Å². The van der Waals surface area contributed by atoms with Crippen LogP contribution in [0.4, 0.5) is 0 Å². The Balaban J connectivity index is 0.000000274. The van der Waals surface area contributed by atoms with Crippen LogP contribution >= 0.6 is 0 Å². The Hall–Kier alpha value is -3.02. The lowest BCUT2D eigenvalue weighted by Crippen LogP contribution is -2.37. The molecule has 3 rings (SSSR count). The van der Waals surface area contributed by atoms with Crippen LogP contribution in [-0.2, 0) is 44.3 Å². The maximum Gasteiger partial charge on any atom is 0.217 e. The van der Waals surface area contributed by atoms with Gasteiger partial charge < -0.3 is 21.3 Å². The first-order chi connectivity index (χ1) is 17.5. The molecule has 0 aliphatic carbocycles. The third kappa shape index (κ3) is 8.23. The summed E-state index contributed by atoms with van der Waals surface area (Å²) in [4.78, 5) is 21.9. The lowest BCUT2D eigenvalue weighted by molar-refractivity contribution is -0.118.